The van der Waals surface area contributed by atoms with Crippen molar-refractivity contribution in [2.45, 2.75) is 57.1 Å². The average molecular weight is 301 g/mol. The number of rotatable bonds is 2. The van der Waals surface area contributed by atoms with Crippen LogP contribution in [0, 0.1) is 5.92 Å². The lowest BCUT2D eigenvalue weighted by molar-refractivity contribution is -0.00671. The van der Waals surface area contributed by atoms with Gasteiger partial charge in [0, 0.05) is 19.2 Å². The van der Waals surface area contributed by atoms with Crippen LogP contribution in [0.3, 0.4) is 0 Å². The zero-order chi connectivity index (χ0) is 15.3. The van der Waals surface area contributed by atoms with Crippen LogP contribution in [0.4, 0.5) is 0 Å². The molecule has 2 aliphatic heterocycles. The first kappa shape index (κ1) is 14.5. The summed E-state index contributed by atoms with van der Waals surface area (Å²) in [6.45, 7) is 7.99. The molecular weight excluding hydrogens is 274 g/mol. The molecule has 0 spiro atoms. The summed E-state index contributed by atoms with van der Waals surface area (Å²) in [6.07, 6.45) is 5.17. The van der Waals surface area contributed by atoms with Gasteiger partial charge >= 0.3 is 0 Å². The van der Waals surface area contributed by atoms with Gasteiger partial charge in [-0.15, -0.1) is 0 Å². The average Bonchev–Trinajstić information content (AvgIpc) is 3.00. The summed E-state index contributed by atoms with van der Waals surface area (Å²) in [4.78, 5) is 2.68. The second-order valence-corrected chi connectivity index (χ2v) is 7.70. The van der Waals surface area contributed by atoms with Gasteiger partial charge in [0.1, 0.15) is 5.75 Å². The molecule has 1 aromatic carbocycles. The number of phenols is 1. The fourth-order valence-electron chi connectivity index (χ4n) is 4.97. The molecule has 0 radical (unpaired) electrons. The molecule has 1 aliphatic carbocycles. The molecule has 4 atom stereocenters. The lowest BCUT2D eigenvalue weighted by Gasteiger charge is -2.55. The molecule has 3 nitrogen and oxygen atoms in total. The van der Waals surface area contributed by atoms with E-state index in [9.17, 15) is 5.11 Å². The number of likely N-dealkylation sites (tertiary alicyclic amines) is 1. The van der Waals surface area contributed by atoms with E-state index in [0.29, 0.717) is 23.8 Å². The third-order valence-corrected chi connectivity index (χ3v) is 6.57. The minimum absolute atomic E-state index is 0.198. The van der Waals surface area contributed by atoms with E-state index in [1.165, 1.54) is 30.4 Å². The van der Waals surface area contributed by atoms with Crippen molar-refractivity contribution in [1.82, 2.24) is 4.90 Å². The van der Waals surface area contributed by atoms with Gasteiger partial charge in [0.05, 0.1) is 6.10 Å². The fourth-order valence-corrected chi connectivity index (χ4v) is 4.97. The standard InChI is InChI=1S/C19H27NO2/c1-13-18-10-14-5-6-15(21)11-17(14)19(13,2)7-8-20(18)12-16-4-3-9-22-16/h5-6,11,13,16,18,21H,3-4,7-10,12H2,1-2H3/t13?,16-,18+,19-/m0/s1. The zero-order valence-corrected chi connectivity index (χ0v) is 13.7. The molecule has 22 heavy (non-hydrogen) atoms. The minimum atomic E-state index is 0.198. The van der Waals surface area contributed by atoms with Crippen molar-refractivity contribution in [3.63, 3.8) is 0 Å². The Kier molecular flexibility index (Phi) is 3.46. The highest BCUT2D eigenvalue weighted by molar-refractivity contribution is 5.44. The SMILES string of the molecule is CC1[C@H]2Cc3ccc(O)cc3[C@@]1(C)CCN2C[C@@H]1CCCO1. The van der Waals surface area contributed by atoms with Crippen LogP contribution in [-0.2, 0) is 16.6 Å². The highest BCUT2D eigenvalue weighted by atomic mass is 16.5. The van der Waals surface area contributed by atoms with Crippen LogP contribution in [0.1, 0.15) is 44.2 Å². The van der Waals surface area contributed by atoms with Gasteiger partial charge in [-0.1, -0.05) is 19.9 Å². The van der Waals surface area contributed by atoms with Crippen LogP contribution in [0.15, 0.2) is 18.2 Å². The molecule has 2 heterocycles. The molecule has 1 aromatic rings. The number of hydrogen-bond acceptors (Lipinski definition) is 3. The maximum atomic E-state index is 9.90. The minimum Gasteiger partial charge on any atom is -0.508 e. The molecule has 2 fully saturated rings. The molecule has 3 heteroatoms. The summed E-state index contributed by atoms with van der Waals surface area (Å²) >= 11 is 0. The van der Waals surface area contributed by atoms with E-state index in [4.69, 9.17) is 4.74 Å². The van der Waals surface area contributed by atoms with Crippen LogP contribution >= 0.6 is 0 Å². The molecule has 2 saturated heterocycles. The second-order valence-electron chi connectivity index (χ2n) is 7.70. The number of ether oxygens (including phenoxy) is 1. The number of fused-ring (bicyclic) bond motifs is 4. The van der Waals surface area contributed by atoms with E-state index in [-0.39, 0.29) is 5.41 Å². The lowest BCUT2D eigenvalue weighted by atomic mass is 9.59. The third-order valence-electron chi connectivity index (χ3n) is 6.57. The van der Waals surface area contributed by atoms with Crippen LogP contribution in [0.25, 0.3) is 0 Å². The lowest BCUT2D eigenvalue weighted by Crippen LogP contribution is -2.59. The first-order valence-corrected chi connectivity index (χ1v) is 8.76. The summed E-state index contributed by atoms with van der Waals surface area (Å²) in [7, 11) is 0. The van der Waals surface area contributed by atoms with Gasteiger partial charge in [-0.3, -0.25) is 4.90 Å². The van der Waals surface area contributed by atoms with Crippen molar-refractivity contribution in [2.24, 2.45) is 5.92 Å². The maximum absolute atomic E-state index is 9.90. The Morgan fingerprint density at radius 3 is 3.05 bits per heavy atom. The Labute approximate surface area is 133 Å². The molecule has 0 aromatic heterocycles. The van der Waals surface area contributed by atoms with Crippen molar-refractivity contribution in [2.75, 3.05) is 19.7 Å². The molecule has 1 unspecified atom stereocenters. The van der Waals surface area contributed by atoms with Crippen LogP contribution in [-0.4, -0.2) is 41.8 Å². The molecule has 4 rings (SSSR count). The Bertz CT molecular complexity index is 567. The summed E-state index contributed by atoms with van der Waals surface area (Å²) in [5.74, 6) is 1.03. The highest BCUT2D eigenvalue weighted by Gasteiger charge is 2.48. The van der Waals surface area contributed by atoms with Crippen LogP contribution in [0.2, 0.25) is 0 Å². The Morgan fingerprint density at radius 2 is 2.27 bits per heavy atom. The van der Waals surface area contributed by atoms with Gasteiger partial charge in [-0.25, -0.2) is 0 Å². The van der Waals surface area contributed by atoms with E-state index in [1.807, 2.05) is 12.1 Å². The summed E-state index contributed by atoms with van der Waals surface area (Å²) in [5, 5.41) is 9.90. The molecule has 2 bridgehead atoms. The monoisotopic (exact) mass is 301 g/mol. The topological polar surface area (TPSA) is 32.7 Å². The van der Waals surface area contributed by atoms with E-state index in [0.717, 1.165) is 26.1 Å². The fraction of sp³-hybridized carbons (Fsp3) is 0.684. The van der Waals surface area contributed by atoms with Gasteiger partial charge in [0.25, 0.3) is 0 Å². The van der Waals surface area contributed by atoms with Crippen molar-refractivity contribution in [1.29, 1.82) is 0 Å². The highest BCUT2D eigenvalue weighted by Crippen LogP contribution is 2.49. The Hall–Kier alpha value is -1.06. The molecular formula is C19H27NO2. The largest absolute Gasteiger partial charge is 0.508 e. The first-order valence-electron chi connectivity index (χ1n) is 8.76. The molecule has 1 N–H and O–H groups in total. The van der Waals surface area contributed by atoms with Crippen LogP contribution < -0.4 is 0 Å². The quantitative estimate of drug-likeness (QED) is 0.911. The van der Waals surface area contributed by atoms with Crippen molar-refractivity contribution >= 4 is 0 Å². The van der Waals surface area contributed by atoms with Crippen LogP contribution in [0.5, 0.6) is 5.75 Å². The van der Waals surface area contributed by atoms with Crippen molar-refractivity contribution in [3.8, 4) is 5.75 Å². The summed E-state index contributed by atoms with van der Waals surface area (Å²) in [6, 6.07) is 6.60. The Morgan fingerprint density at radius 1 is 1.41 bits per heavy atom. The van der Waals surface area contributed by atoms with Gasteiger partial charge in [-0.2, -0.15) is 0 Å². The second kappa shape index (κ2) is 5.24. The Balaban J connectivity index is 1.63. The maximum Gasteiger partial charge on any atom is 0.115 e. The summed E-state index contributed by atoms with van der Waals surface area (Å²) < 4.78 is 5.86. The molecule has 0 amide bonds. The molecule has 3 aliphatic rings. The number of nitrogens with zero attached hydrogens (tertiary/aromatic N) is 1. The molecule has 120 valence electrons. The van der Waals surface area contributed by atoms with Gasteiger partial charge in [0.15, 0.2) is 0 Å². The third kappa shape index (κ3) is 2.17. The normalized spacial score (nSPS) is 38.0. The number of piperidine rings is 1. The summed E-state index contributed by atoms with van der Waals surface area (Å²) in [5.41, 5.74) is 3.01. The van der Waals surface area contributed by atoms with Crippen molar-refractivity contribution < 1.29 is 9.84 Å². The first-order chi connectivity index (χ1) is 10.6. The molecule has 0 saturated carbocycles. The number of benzene rings is 1. The van der Waals surface area contributed by atoms with E-state index in [1.54, 1.807) is 0 Å². The number of aromatic hydroxyl groups is 1. The van der Waals surface area contributed by atoms with Gasteiger partial charge < -0.3 is 9.84 Å². The van der Waals surface area contributed by atoms with E-state index >= 15 is 0 Å². The predicted molar refractivity (Wildman–Crippen MR) is 87.3 cm³/mol. The van der Waals surface area contributed by atoms with Gasteiger partial charge in [-0.05, 0) is 66.8 Å². The zero-order valence-electron chi connectivity index (χ0n) is 13.7. The smallest absolute Gasteiger partial charge is 0.115 e. The van der Waals surface area contributed by atoms with E-state index < -0.39 is 0 Å². The van der Waals surface area contributed by atoms with Crippen molar-refractivity contribution in [3.05, 3.63) is 29.3 Å². The van der Waals surface area contributed by atoms with E-state index in [2.05, 4.69) is 24.8 Å². The van der Waals surface area contributed by atoms with Gasteiger partial charge in [0.2, 0.25) is 0 Å². The number of phenolic OH excluding ortho intramolecular Hbond substituents is 1. The number of hydrogen-bond donors (Lipinski definition) is 1. The predicted octanol–water partition coefficient (Wildman–Crippen LogP) is 3.10.